The zero-order chi connectivity index (χ0) is 21.1. The Morgan fingerprint density at radius 1 is 1.17 bits per heavy atom. The zero-order valence-electron chi connectivity index (χ0n) is 17.6. The standard InChI is InChI=1S/C22H27N5O3/c1-15-6-4-8-20-24-25-22(27(15)20)26-11-5-7-17(14-26)21(28)23-13-16-9-10-18(29-2)19(12-16)30-3/h4,6,8-10,12,17H,5,7,11,13-14H2,1-3H3,(H,23,28). The fourth-order valence-electron chi connectivity index (χ4n) is 3.98. The van der Waals surface area contributed by atoms with Gasteiger partial charge in [-0.3, -0.25) is 9.20 Å². The molecular weight excluding hydrogens is 382 g/mol. The van der Waals surface area contributed by atoms with Crippen molar-refractivity contribution in [3.05, 3.63) is 47.7 Å². The Labute approximate surface area is 175 Å². The number of carbonyl (C=O) groups is 1. The SMILES string of the molecule is COc1ccc(CNC(=O)C2CCCN(c3nnc4cccc(C)n34)C2)cc1OC. The molecule has 1 unspecified atom stereocenters. The molecule has 1 atom stereocenters. The number of amides is 1. The van der Waals surface area contributed by atoms with Crippen LogP contribution < -0.4 is 19.7 Å². The van der Waals surface area contributed by atoms with Crippen LogP contribution in [0.2, 0.25) is 0 Å². The lowest BCUT2D eigenvalue weighted by Gasteiger charge is -2.32. The second-order valence-corrected chi connectivity index (χ2v) is 7.55. The van der Waals surface area contributed by atoms with Crippen LogP contribution in [0.4, 0.5) is 5.95 Å². The van der Waals surface area contributed by atoms with Crippen LogP contribution in [-0.4, -0.2) is 47.8 Å². The largest absolute Gasteiger partial charge is 0.493 e. The van der Waals surface area contributed by atoms with E-state index < -0.39 is 0 Å². The molecule has 1 amide bonds. The first-order chi connectivity index (χ1) is 14.6. The van der Waals surface area contributed by atoms with Crippen molar-refractivity contribution in [2.45, 2.75) is 26.3 Å². The molecule has 158 valence electrons. The highest BCUT2D eigenvalue weighted by Gasteiger charge is 2.28. The topological polar surface area (TPSA) is 81.0 Å². The van der Waals surface area contributed by atoms with Gasteiger partial charge in [-0.25, -0.2) is 0 Å². The molecular formula is C22H27N5O3. The van der Waals surface area contributed by atoms with Gasteiger partial charge in [-0.1, -0.05) is 12.1 Å². The van der Waals surface area contributed by atoms with Crippen molar-refractivity contribution >= 4 is 17.5 Å². The Bertz CT molecular complexity index is 1050. The summed E-state index contributed by atoms with van der Waals surface area (Å²) in [5.74, 6) is 2.10. The Hall–Kier alpha value is -3.29. The van der Waals surface area contributed by atoms with Gasteiger partial charge >= 0.3 is 0 Å². The van der Waals surface area contributed by atoms with Crippen molar-refractivity contribution in [3.8, 4) is 11.5 Å². The first-order valence-corrected chi connectivity index (χ1v) is 10.1. The number of aryl methyl sites for hydroxylation is 1. The van der Waals surface area contributed by atoms with E-state index in [1.54, 1.807) is 14.2 Å². The number of rotatable bonds is 6. The number of piperidine rings is 1. The average molecular weight is 409 g/mol. The van der Waals surface area contributed by atoms with Gasteiger partial charge in [0.25, 0.3) is 0 Å². The second-order valence-electron chi connectivity index (χ2n) is 7.55. The molecule has 0 saturated carbocycles. The number of carbonyl (C=O) groups excluding carboxylic acids is 1. The van der Waals surface area contributed by atoms with E-state index in [-0.39, 0.29) is 11.8 Å². The number of ether oxygens (including phenoxy) is 2. The predicted octanol–water partition coefficient (Wildman–Crippen LogP) is 2.59. The summed E-state index contributed by atoms with van der Waals surface area (Å²) < 4.78 is 12.7. The van der Waals surface area contributed by atoms with Crippen molar-refractivity contribution in [3.63, 3.8) is 0 Å². The number of benzene rings is 1. The van der Waals surface area contributed by atoms with Crippen LogP contribution in [0, 0.1) is 12.8 Å². The van der Waals surface area contributed by atoms with Crippen LogP contribution >= 0.6 is 0 Å². The molecule has 30 heavy (non-hydrogen) atoms. The Balaban J connectivity index is 1.42. The normalized spacial score (nSPS) is 16.5. The Kier molecular flexibility index (Phi) is 5.74. The van der Waals surface area contributed by atoms with E-state index in [1.807, 2.05) is 47.7 Å². The van der Waals surface area contributed by atoms with E-state index in [1.165, 1.54) is 0 Å². The van der Waals surface area contributed by atoms with Gasteiger partial charge in [0, 0.05) is 25.3 Å². The fourth-order valence-corrected chi connectivity index (χ4v) is 3.98. The van der Waals surface area contributed by atoms with Crippen LogP contribution in [0.5, 0.6) is 11.5 Å². The zero-order valence-corrected chi connectivity index (χ0v) is 17.6. The van der Waals surface area contributed by atoms with Crippen molar-refractivity contribution in [1.29, 1.82) is 0 Å². The summed E-state index contributed by atoms with van der Waals surface area (Å²) in [7, 11) is 3.21. The predicted molar refractivity (Wildman–Crippen MR) is 114 cm³/mol. The molecule has 0 aliphatic carbocycles. The van der Waals surface area contributed by atoms with Gasteiger partial charge in [0.05, 0.1) is 20.1 Å². The van der Waals surface area contributed by atoms with Gasteiger partial charge in [0.2, 0.25) is 11.9 Å². The van der Waals surface area contributed by atoms with Gasteiger partial charge in [-0.15, -0.1) is 10.2 Å². The van der Waals surface area contributed by atoms with E-state index in [4.69, 9.17) is 9.47 Å². The van der Waals surface area contributed by atoms with Gasteiger partial charge in [-0.05, 0) is 49.6 Å². The third kappa shape index (κ3) is 3.90. The molecule has 3 aromatic rings. The quantitative estimate of drug-likeness (QED) is 0.674. The highest BCUT2D eigenvalue weighted by molar-refractivity contribution is 5.79. The molecule has 1 aromatic carbocycles. The van der Waals surface area contributed by atoms with Crippen molar-refractivity contribution < 1.29 is 14.3 Å². The molecule has 1 N–H and O–H groups in total. The van der Waals surface area contributed by atoms with Crippen molar-refractivity contribution in [1.82, 2.24) is 19.9 Å². The van der Waals surface area contributed by atoms with Crippen molar-refractivity contribution in [2.75, 3.05) is 32.2 Å². The van der Waals surface area contributed by atoms with E-state index in [2.05, 4.69) is 20.4 Å². The number of hydrogen-bond donors (Lipinski definition) is 1. The second kappa shape index (κ2) is 8.61. The summed E-state index contributed by atoms with van der Waals surface area (Å²) in [6.45, 7) is 3.99. The van der Waals surface area contributed by atoms with Gasteiger partial charge < -0.3 is 19.7 Å². The number of nitrogens with one attached hydrogen (secondary N) is 1. The first kappa shape index (κ1) is 20.0. The summed E-state index contributed by atoms with van der Waals surface area (Å²) in [6.07, 6.45) is 1.80. The van der Waals surface area contributed by atoms with E-state index in [0.29, 0.717) is 24.6 Å². The molecule has 3 heterocycles. The molecule has 0 radical (unpaired) electrons. The average Bonchev–Trinajstić information content (AvgIpc) is 3.23. The van der Waals surface area contributed by atoms with Crippen LogP contribution in [-0.2, 0) is 11.3 Å². The fraction of sp³-hybridized carbons (Fsp3) is 0.409. The monoisotopic (exact) mass is 409 g/mol. The molecule has 1 saturated heterocycles. The highest BCUT2D eigenvalue weighted by Crippen LogP contribution is 2.28. The number of nitrogens with zero attached hydrogens (tertiary/aromatic N) is 4. The van der Waals surface area contributed by atoms with E-state index >= 15 is 0 Å². The molecule has 1 fully saturated rings. The number of anilines is 1. The van der Waals surface area contributed by atoms with Crippen LogP contribution in [0.15, 0.2) is 36.4 Å². The Morgan fingerprint density at radius 3 is 2.80 bits per heavy atom. The summed E-state index contributed by atoms with van der Waals surface area (Å²) in [6, 6.07) is 11.6. The molecule has 8 nitrogen and oxygen atoms in total. The minimum absolute atomic E-state index is 0.0556. The third-order valence-corrected chi connectivity index (χ3v) is 5.60. The van der Waals surface area contributed by atoms with Gasteiger partial charge in [-0.2, -0.15) is 0 Å². The lowest BCUT2D eigenvalue weighted by molar-refractivity contribution is -0.125. The van der Waals surface area contributed by atoms with Gasteiger partial charge in [0.1, 0.15) is 0 Å². The molecule has 4 rings (SSSR count). The number of hydrogen-bond acceptors (Lipinski definition) is 6. The minimum atomic E-state index is -0.0877. The maximum Gasteiger partial charge on any atom is 0.231 e. The van der Waals surface area contributed by atoms with Crippen LogP contribution in [0.25, 0.3) is 5.65 Å². The summed E-state index contributed by atoms with van der Waals surface area (Å²) in [4.78, 5) is 15.0. The molecule has 0 spiro atoms. The minimum Gasteiger partial charge on any atom is -0.493 e. The number of pyridine rings is 1. The number of methoxy groups -OCH3 is 2. The molecule has 8 heteroatoms. The summed E-state index contributed by atoms with van der Waals surface area (Å²) in [5.41, 5.74) is 2.87. The highest BCUT2D eigenvalue weighted by atomic mass is 16.5. The molecule has 2 aromatic heterocycles. The molecule has 1 aliphatic heterocycles. The van der Waals surface area contributed by atoms with Crippen molar-refractivity contribution in [2.24, 2.45) is 5.92 Å². The summed E-state index contributed by atoms with van der Waals surface area (Å²) in [5, 5.41) is 11.7. The maximum atomic E-state index is 12.9. The lowest BCUT2D eigenvalue weighted by Crippen LogP contribution is -2.43. The smallest absolute Gasteiger partial charge is 0.231 e. The number of aromatic nitrogens is 3. The van der Waals surface area contributed by atoms with Crippen LogP contribution in [0.1, 0.15) is 24.1 Å². The summed E-state index contributed by atoms with van der Waals surface area (Å²) >= 11 is 0. The maximum absolute atomic E-state index is 12.9. The number of fused-ring (bicyclic) bond motifs is 1. The van der Waals surface area contributed by atoms with E-state index in [0.717, 1.165) is 42.2 Å². The molecule has 1 aliphatic rings. The third-order valence-electron chi connectivity index (χ3n) is 5.60. The Morgan fingerprint density at radius 2 is 2.00 bits per heavy atom. The van der Waals surface area contributed by atoms with Gasteiger partial charge in [0.15, 0.2) is 17.1 Å². The van der Waals surface area contributed by atoms with E-state index in [9.17, 15) is 4.79 Å². The van der Waals surface area contributed by atoms with Crippen LogP contribution in [0.3, 0.4) is 0 Å². The molecule has 0 bridgehead atoms. The lowest BCUT2D eigenvalue weighted by atomic mass is 9.97. The first-order valence-electron chi connectivity index (χ1n) is 10.1.